The van der Waals surface area contributed by atoms with Gasteiger partial charge in [0.05, 0.1) is 47.4 Å². The van der Waals surface area contributed by atoms with Crippen LogP contribution < -0.4 is 5.32 Å². The van der Waals surface area contributed by atoms with Gasteiger partial charge in [0.15, 0.2) is 0 Å². The van der Waals surface area contributed by atoms with Gasteiger partial charge in [-0.05, 0) is 55.9 Å². The molecule has 0 bridgehead atoms. The molecule has 47 heavy (non-hydrogen) atoms. The van der Waals surface area contributed by atoms with E-state index in [0.29, 0.717) is 68.6 Å². The molecule has 0 radical (unpaired) electrons. The second kappa shape index (κ2) is 13.5. The number of amides is 2. The number of para-hydroxylation sites is 1. The maximum atomic E-state index is 15.5. The Balaban J connectivity index is 1.02. The lowest BCUT2D eigenvalue weighted by Crippen LogP contribution is -2.42. The Hall–Kier alpha value is -3.55. The van der Waals surface area contributed by atoms with E-state index >= 15 is 4.39 Å². The summed E-state index contributed by atoms with van der Waals surface area (Å²) < 4.78 is 38.6. The number of anilines is 1. The van der Waals surface area contributed by atoms with Crippen molar-refractivity contribution in [2.75, 3.05) is 38.4 Å². The molecule has 1 aliphatic carbocycles. The van der Waals surface area contributed by atoms with E-state index in [4.69, 9.17) is 30.2 Å². The van der Waals surface area contributed by atoms with Crippen LogP contribution in [0.25, 0.3) is 11.0 Å². The third-order valence-electron chi connectivity index (χ3n) is 10.0. The topological polar surface area (TPSA) is 131 Å². The van der Waals surface area contributed by atoms with E-state index in [1.165, 1.54) is 12.3 Å². The average molecular weight is 670 g/mol. The summed E-state index contributed by atoms with van der Waals surface area (Å²) in [6.07, 6.45) is 4.25. The lowest BCUT2D eigenvalue weighted by molar-refractivity contribution is -0.144. The fourth-order valence-corrected chi connectivity index (χ4v) is 7.61. The number of hydrogen-bond acceptors (Lipinski definition) is 8. The van der Waals surface area contributed by atoms with Crippen molar-refractivity contribution >= 4 is 46.0 Å². The molecule has 1 aromatic heterocycles. The molecular weight excluding hydrogens is 633 g/mol. The molecular formula is C34H37ClFN3O8. The largest absolute Gasteiger partial charge is 0.481 e. The van der Waals surface area contributed by atoms with Crippen LogP contribution in [0, 0.1) is 11.7 Å². The molecule has 3 aromatic rings. The molecule has 4 heterocycles. The van der Waals surface area contributed by atoms with Crippen LogP contribution in [0.15, 0.2) is 47.1 Å². The Kier molecular flexibility index (Phi) is 9.21. The minimum atomic E-state index is -0.767. The van der Waals surface area contributed by atoms with E-state index < -0.39 is 17.7 Å². The molecule has 0 unspecified atom stereocenters. The highest BCUT2D eigenvalue weighted by Gasteiger charge is 2.45. The normalized spacial score (nSPS) is 27.7. The molecule has 4 atom stereocenters. The van der Waals surface area contributed by atoms with Gasteiger partial charge < -0.3 is 34.0 Å². The van der Waals surface area contributed by atoms with Gasteiger partial charge in [0, 0.05) is 31.1 Å². The Labute approximate surface area is 275 Å². The molecule has 11 nitrogen and oxygen atoms in total. The summed E-state index contributed by atoms with van der Waals surface area (Å²) >= 11 is 6.50. The number of likely N-dealkylation sites (tertiary alicyclic amines) is 2. The number of carboxylic acids is 1. The highest BCUT2D eigenvalue weighted by molar-refractivity contribution is 6.34. The zero-order valence-electron chi connectivity index (χ0n) is 25.7. The number of nitrogens with one attached hydrogen (secondary N) is 1. The Morgan fingerprint density at radius 2 is 1.79 bits per heavy atom. The monoisotopic (exact) mass is 669 g/mol. The standard InChI is InChI=1S/C34H37ClFN3O8/c35-26-9-20(27(36)12-28(26)37-33(41)25-17-45-29-4-2-1-3-24(25)29)10-32(40)39-13-21(38-14-30-31(15-38)47-18-46-30)11-22(39)16-44-23-7-5-19(6-8-23)34(42)43/h1-4,9,12,17,19,21-23,30-31H,5-8,10-11,13-16,18H2,(H,37,41)(H,42,43)/t19-,21-,22-,23-,30-,31+/m0/s1. The molecule has 7 rings (SSSR count). The number of benzene rings is 2. The summed E-state index contributed by atoms with van der Waals surface area (Å²) in [5.74, 6) is -2.51. The number of nitrogens with zero attached hydrogens (tertiary/aromatic N) is 2. The first-order valence-corrected chi connectivity index (χ1v) is 16.5. The van der Waals surface area contributed by atoms with E-state index in [-0.39, 0.29) is 64.9 Å². The summed E-state index contributed by atoms with van der Waals surface area (Å²) in [4.78, 5) is 42.2. The number of fused-ring (bicyclic) bond motifs is 2. The summed E-state index contributed by atoms with van der Waals surface area (Å²) in [6, 6.07) is 9.45. The van der Waals surface area contributed by atoms with Crippen LogP contribution in [0.3, 0.4) is 0 Å². The Morgan fingerprint density at radius 1 is 1.04 bits per heavy atom. The van der Waals surface area contributed by atoms with Crippen LogP contribution in [-0.4, -0.2) is 96.1 Å². The van der Waals surface area contributed by atoms with Crippen molar-refractivity contribution in [2.24, 2.45) is 5.92 Å². The molecule has 3 aliphatic heterocycles. The van der Waals surface area contributed by atoms with Crippen LogP contribution in [0.5, 0.6) is 0 Å². The van der Waals surface area contributed by atoms with Gasteiger partial charge in [-0.1, -0.05) is 29.8 Å². The summed E-state index contributed by atoms with van der Waals surface area (Å²) in [7, 11) is 0. The van der Waals surface area contributed by atoms with Crippen molar-refractivity contribution in [3.63, 3.8) is 0 Å². The van der Waals surface area contributed by atoms with Crippen molar-refractivity contribution in [2.45, 2.75) is 68.9 Å². The minimum absolute atomic E-state index is 0.0151. The number of ether oxygens (including phenoxy) is 3. The lowest BCUT2D eigenvalue weighted by Gasteiger charge is -2.30. The summed E-state index contributed by atoms with van der Waals surface area (Å²) in [5, 5.41) is 12.7. The van der Waals surface area contributed by atoms with Gasteiger partial charge in [0.25, 0.3) is 5.91 Å². The van der Waals surface area contributed by atoms with Crippen molar-refractivity contribution in [3.05, 3.63) is 64.6 Å². The van der Waals surface area contributed by atoms with Crippen molar-refractivity contribution in [1.29, 1.82) is 0 Å². The number of rotatable bonds is 9. The first-order valence-electron chi connectivity index (χ1n) is 16.1. The van der Waals surface area contributed by atoms with E-state index in [2.05, 4.69) is 10.2 Å². The summed E-state index contributed by atoms with van der Waals surface area (Å²) in [6.45, 7) is 2.51. The van der Waals surface area contributed by atoms with Gasteiger partial charge >= 0.3 is 5.97 Å². The smallest absolute Gasteiger partial charge is 0.306 e. The second-order valence-electron chi connectivity index (χ2n) is 12.9. The van der Waals surface area contributed by atoms with Crippen LogP contribution in [-0.2, 0) is 30.2 Å². The van der Waals surface area contributed by atoms with Gasteiger partial charge in [0.2, 0.25) is 5.91 Å². The number of furan rings is 1. The van der Waals surface area contributed by atoms with Gasteiger partial charge in [0.1, 0.15) is 36.7 Å². The zero-order valence-corrected chi connectivity index (χ0v) is 26.5. The van der Waals surface area contributed by atoms with Crippen LogP contribution in [0.2, 0.25) is 5.02 Å². The lowest BCUT2D eigenvalue weighted by atomic mass is 9.87. The fourth-order valence-electron chi connectivity index (χ4n) is 7.37. The molecule has 2 N–H and O–H groups in total. The summed E-state index contributed by atoms with van der Waals surface area (Å²) in [5.41, 5.74) is 1.06. The van der Waals surface area contributed by atoms with E-state index in [9.17, 15) is 19.5 Å². The molecule has 13 heteroatoms. The third-order valence-corrected chi connectivity index (χ3v) is 10.3. The van der Waals surface area contributed by atoms with Gasteiger partial charge in [-0.3, -0.25) is 19.3 Å². The van der Waals surface area contributed by atoms with Crippen molar-refractivity contribution < 1.29 is 42.5 Å². The predicted molar refractivity (Wildman–Crippen MR) is 169 cm³/mol. The number of carboxylic acid groups (broad SMARTS) is 1. The SMILES string of the molecule is O=C(Nc1cc(F)c(CC(=O)N2C[C@@H](N3C[C@@H]4OCO[C@@H]4C3)C[C@H]2CO[C@H]2CC[C@H](C(=O)O)CC2)cc1Cl)c1coc2ccccc12. The first-order chi connectivity index (χ1) is 22.7. The maximum Gasteiger partial charge on any atom is 0.306 e. The fraction of sp³-hybridized carbons (Fsp3) is 0.500. The molecule has 2 aromatic carbocycles. The third kappa shape index (κ3) is 6.75. The van der Waals surface area contributed by atoms with Gasteiger partial charge in [-0.25, -0.2) is 4.39 Å². The van der Waals surface area contributed by atoms with Crippen LogP contribution in [0.1, 0.15) is 48.0 Å². The van der Waals surface area contributed by atoms with Crippen molar-refractivity contribution in [3.8, 4) is 0 Å². The molecule has 1 saturated carbocycles. The average Bonchev–Trinajstić information content (AvgIpc) is 3.85. The first kappa shape index (κ1) is 32.0. The number of aliphatic carboxylic acids is 1. The molecule has 3 saturated heterocycles. The quantitative estimate of drug-likeness (QED) is 0.333. The molecule has 2 amide bonds. The number of carbonyl (C=O) groups excluding carboxylic acids is 2. The number of halogens is 2. The highest BCUT2D eigenvalue weighted by Crippen LogP contribution is 2.33. The van der Waals surface area contributed by atoms with Crippen LogP contribution in [0.4, 0.5) is 10.1 Å². The zero-order chi connectivity index (χ0) is 32.7. The molecule has 250 valence electrons. The van der Waals surface area contributed by atoms with Crippen molar-refractivity contribution in [1.82, 2.24) is 9.80 Å². The Morgan fingerprint density at radius 3 is 2.53 bits per heavy atom. The van der Waals surface area contributed by atoms with Gasteiger partial charge in [-0.15, -0.1) is 0 Å². The maximum absolute atomic E-state index is 15.5. The van der Waals surface area contributed by atoms with E-state index in [1.54, 1.807) is 29.2 Å². The Bertz CT molecular complexity index is 1650. The minimum Gasteiger partial charge on any atom is -0.481 e. The number of hydrogen-bond donors (Lipinski definition) is 2. The predicted octanol–water partition coefficient (Wildman–Crippen LogP) is 4.71. The molecule has 0 spiro atoms. The highest BCUT2D eigenvalue weighted by atomic mass is 35.5. The van der Waals surface area contributed by atoms with Gasteiger partial charge in [-0.2, -0.15) is 0 Å². The second-order valence-corrected chi connectivity index (χ2v) is 13.3. The molecule has 4 fully saturated rings. The number of carbonyl (C=O) groups is 3. The van der Waals surface area contributed by atoms with Crippen LogP contribution >= 0.6 is 11.6 Å². The molecule has 4 aliphatic rings. The van der Waals surface area contributed by atoms with E-state index in [0.717, 1.165) is 19.2 Å². The van der Waals surface area contributed by atoms with E-state index in [1.807, 2.05) is 0 Å².